The zero-order valence-corrected chi connectivity index (χ0v) is 12.5. The molecule has 20 heavy (non-hydrogen) atoms. The second-order valence-corrected chi connectivity index (χ2v) is 4.70. The van der Waals surface area contributed by atoms with Gasteiger partial charge in [0.25, 0.3) is 5.91 Å². The highest BCUT2D eigenvalue weighted by Gasteiger charge is 2.17. The molecule has 1 amide bonds. The molecule has 106 valence electrons. The number of hydrogen-bond acceptors (Lipinski definition) is 4. The van der Waals surface area contributed by atoms with E-state index in [2.05, 4.69) is 36.7 Å². The van der Waals surface area contributed by atoms with Crippen molar-refractivity contribution in [2.75, 3.05) is 13.1 Å². The van der Waals surface area contributed by atoms with Crippen molar-refractivity contribution < 1.29 is 9.21 Å². The van der Waals surface area contributed by atoms with E-state index in [1.54, 1.807) is 12.1 Å². The number of carbonyl (C=O) groups excluding carboxylic acids is 1. The Hall–Kier alpha value is -1.88. The molecule has 1 aliphatic carbocycles. The summed E-state index contributed by atoms with van der Waals surface area (Å²) in [7, 11) is 0. The number of hydrogen-bond donors (Lipinski definition) is 2. The van der Waals surface area contributed by atoms with Gasteiger partial charge in [0, 0.05) is 18.7 Å². The van der Waals surface area contributed by atoms with Gasteiger partial charge in [-0.2, -0.15) is 0 Å². The molecule has 0 radical (unpaired) electrons. The first-order chi connectivity index (χ1) is 9.67. The summed E-state index contributed by atoms with van der Waals surface area (Å²) in [6.07, 6.45) is 7.17. The molecule has 0 bridgehead atoms. The predicted molar refractivity (Wildman–Crippen MR) is 82.3 cm³/mol. The summed E-state index contributed by atoms with van der Waals surface area (Å²) in [4.78, 5) is 14.1. The summed E-state index contributed by atoms with van der Waals surface area (Å²) >= 11 is 4.58. The maximum Gasteiger partial charge on any atom is 0.291 e. The standard InChI is InChI=1S/C15H18N2O2S/c1-3-17(4-2)15(20)11-7-5-8-12(11)16-14(18)13-9-6-10-19-13/h5-10,20H,3-4H2,1-2H3,(H,16,18)/b15-11+. The molecule has 5 heteroatoms. The molecule has 0 saturated carbocycles. The van der Waals surface area contributed by atoms with Crippen molar-refractivity contribution in [1.29, 1.82) is 0 Å². The number of nitrogens with zero attached hydrogens (tertiary/aromatic N) is 1. The van der Waals surface area contributed by atoms with Crippen LogP contribution in [0.5, 0.6) is 0 Å². The molecule has 0 saturated heterocycles. The van der Waals surface area contributed by atoms with E-state index in [0.29, 0.717) is 5.76 Å². The first-order valence-corrected chi connectivity index (χ1v) is 7.03. The van der Waals surface area contributed by atoms with Crippen molar-refractivity contribution in [3.8, 4) is 0 Å². The van der Waals surface area contributed by atoms with Crippen LogP contribution in [0.3, 0.4) is 0 Å². The third kappa shape index (κ3) is 2.99. The predicted octanol–water partition coefficient (Wildman–Crippen LogP) is 2.95. The van der Waals surface area contributed by atoms with E-state index in [4.69, 9.17) is 4.42 Å². The number of allylic oxidation sites excluding steroid dienone is 3. The topological polar surface area (TPSA) is 45.5 Å². The first kappa shape index (κ1) is 14.5. The second kappa shape index (κ2) is 6.52. The summed E-state index contributed by atoms with van der Waals surface area (Å²) < 4.78 is 5.09. The summed E-state index contributed by atoms with van der Waals surface area (Å²) in [5.41, 5.74) is 1.65. The van der Waals surface area contributed by atoms with Crippen LogP contribution < -0.4 is 5.32 Å². The molecule has 0 unspecified atom stereocenters. The number of amides is 1. The van der Waals surface area contributed by atoms with E-state index < -0.39 is 0 Å². The number of furan rings is 1. The summed E-state index contributed by atoms with van der Waals surface area (Å²) in [5, 5.41) is 3.70. The van der Waals surface area contributed by atoms with Crippen LogP contribution in [0.2, 0.25) is 0 Å². The molecule has 1 aliphatic rings. The van der Waals surface area contributed by atoms with Crippen LogP contribution in [0, 0.1) is 0 Å². The molecule has 0 aromatic carbocycles. The minimum atomic E-state index is -0.261. The van der Waals surface area contributed by atoms with Crippen LogP contribution in [0.25, 0.3) is 0 Å². The highest BCUT2D eigenvalue weighted by atomic mass is 32.1. The molecule has 0 spiro atoms. The summed E-state index contributed by atoms with van der Waals surface area (Å²) in [5.74, 6) is 0.0313. The average molecular weight is 290 g/mol. The smallest absolute Gasteiger partial charge is 0.291 e. The Morgan fingerprint density at radius 2 is 2.15 bits per heavy atom. The van der Waals surface area contributed by atoms with Gasteiger partial charge in [0.1, 0.15) is 0 Å². The maximum absolute atomic E-state index is 12.0. The molecular weight excluding hydrogens is 272 g/mol. The van der Waals surface area contributed by atoms with E-state index in [-0.39, 0.29) is 5.91 Å². The molecule has 4 nitrogen and oxygen atoms in total. The molecule has 1 N–H and O–H groups in total. The molecule has 0 fully saturated rings. The Morgan fingerprint density at radius 3 is 2.75 bits per heavy atom. The van der Waals surface area contributed by atoms with E-state index in [0.717, 1.165) is 29.4 Å². The molecular formula is C15H18N2O2S. The lowest BCUT2D eigenvalue weighted by Gasteiger charge is -2.23. The summed E-state index contributed by atoms with van der Waals surface area (Å²) in [6, 6.07) is 3.32. The lowest BCUT2D eigenvalue weighted by molar-refractivity contribution is 0.0939. The van der Waals surface area contributed by atoms with Gasteiger partial charge in [-0.3, -0.25) is 4.79 Å². The van der Waals surface area contributed by atoms with Gasteiger partial charge in [0.05, 0.1) is 17.0 Å². The highest BCUT2D eigenvalue weighted by molar-refractivity contribution is 7.84. The lowest BCUT2D eigenvalue weighted by atomic mass is 10.2. The Bertz CT molecular complexity index is 567. The van der Waals surface area contributed by atoms with Crippen molar-refractivity contribution >= 4 is 18.5 Å². The van der Waals surface area contributed by atoms with Crippen LogP contribution in [-0.4, -0.2) is 23.9 Å². The van der Waals surface area contributed by atoms with E-state index in [1.165, 1.54) is 6.26 Å². The fourth-order valence-corrected chi connectivity index (χ4v) is 2.49. The molecule has 2 rings (SSSR count). The quantitative estimate of drug-likeness (QED) is 0.820. The molecule has 0 aliphatic heterocycles. The minimum Gasteiger partial charge on any atom is -0.459 e. The van der Waals surface area contributed by atoms with E-state index in [1.807, 2.05) is 18.2 Å². The molecule has 1 aromatic rings. The van der Waals surface area contributed by atoms with Gasteiger partial charge in [-0.1, -0.05) is 12.2 Å². The Balaban J connectivity index is 2.17. The average Bonchev–Trinajstić information content (AvgIpc) is 3.11. The SMILES string of the molecule is CCN(CC)/C(S)=C1/C=CC=C1NC(=O)c1ccco1. The third-order valence-corrected chi connectivity index (χ3v) is 3.64. The van der Waals surface area contributed by atoms with Crippen molar-refractivity contribution in [3.63, 3.8) is 0 Å². The van der Waals surface area contributed by atoms with E-state index in [9.17, 15) is 4.79 Å². The number of rotatable bonds is 5. The van der Waals surface area contributed by atoms with Crippen molar-refractivity contribution in [1.82, 2.24) is 10.2 Å². The van der Waals surface area contributed by atoms with Crippen molar-refractivity contribution in [2.24, 2.45) is 0 Å². The van der Waals surface area contributed by atoms with Crippen LogP contribution >= 0.6 is 12.6 Å². The van der Waals surface area contributed by atoms with Crippen molar-refractivity contribution in [3.05, 3.63) is 58.7 Å². The van der Waals surface area contributed by atoms with Crippen LogP contribution in [-0.2, 0) is 0 Å². The Kier molecular flexibility index (Phi) is 4.74. The van der Waals surface area contributed by atoms with Gasteiger partial charge in [0.2, 0.25) is 0 Å². The van der Waals surface area contributed by atoms with Gasteiger partial charge in [0.15, 0.2) is 5.76 Å². The Morgan fingerprint density at radius 1 is 1.40 bits per heavy atom. The van der Waals surface area contributed by atoms with Gasteiger partial charge in [-0.05, 0) is 32.1 Å². The van der Waals surface area contributed by atoms with Crippen LogP contribution in [0.1, 0.15) is 24.4 Å². The first-order valence-electron chi connectivity index (χ1n) is 6.59. The molecule has 0 atom stereocenters. The molecule has 1 aromatic heterocycles. The minimum absolute atomic E-state index is 0.261. The van der Waals surface area contributed by atoms with Gasteiger partial charge in [-0.25, -0.2) is 0 Å². The normalized spacial score (nSPS) is 16.1. The highest BCUT2D eigenvalue weighted by Crippen LogP contribution is 2.25. The zero-order valence-electron chi connectivity index (χ0n) is 11.6. The van der Waals surface area contributed by atoms with E-state index >= 15 is 0 Å². The maximum atomic E-state index is 12.0. The third-order valence-electron chi connectivity index (χ3n) is 3.11. The zero-order chi connectivity index (χ0) is 14.5. The number of carbonyl (C=O) groups is 1. The second-order valence-electron chi connectivity index (χ2n) is 4.28. The van der Waals surface area contributed by atoms with Gasteiger partial charge < -0.3 is 14.6 Å². The lowest BCUT2D eigenvalue weighted by Crippen LogP contribution is -2.25. The largest absolute Gasteiger partial charge is 0.459 e. The van der Waals surface area contributed by atoms with Gasteiger partial charge >= 0.3 is 0 Å². The molecule has 1 heterocycles. The van der Waals surface area contributed by atoms with Crippen molar-refractivity contribution in [2.45, 2.75) is 13.8 Å². The Labute approximate surface area is 124 Å². The van der Waals surface area contributed by atoms with Crippen LogP contribution in [0.4, 0.5) is 0 Å². The number of nitrogens with one attached hydrogen (secondary N) is 1. The van der Waals surface area contributed by atoms with Crippen LogP contribution in [0.15, 0.2) is 57.3 Å². The van der Waals surface area contributed by atoms with Gasteiger partial charge in [-0.15, -0.1) is 12.6 Å². The summed E-state index contributed by atoms with van der Waals surface area (Å²) in [6.45, 7) is 5.88. The fraction of sp³-hybridized carbons (Fsp3) is 0.267. The fourth-order valence-electron chi connectivity index (χ4n) is 2.01. The monoisotopic (exact) mass is 290 g/mol. The number of thiol groups is 1.